The number of fused-ring (bicyclic) bond motifs is 1. The molecule has 0 aliphatic rings. The number of hydrogen-bond donors (Lipinski definition) is 1. The van der Waals surface area contributed by atoms with Crippen LogP contribution in [0.5, 0.6) is 11.6 Å². The van der Waals surface area contributed by atoms with Crippen molar-refractivity contribution in [3.8, 4) is 11.6 Å². The predicted molar refractivity (Wildman–Crippen MR) is 85.7 cm³/mol. The number of hydrogen-bond acceptors (Lipinski definition) is 5. The summed E-state index contributed by atoms with van der Waals surface area (Å²) in [5, 5.41) is 5.21. The molecule has 0 amide bonds. The van der Waals surface area contributed by atoms with Gasteiger partial charge in [0.25, 0.3) is 0 Å². The maximum Gasteiger partial charge on any atom is 0.241 e. The molecule has 0 saturated heterocycles. The first-order chi connectivity index (χ1) is 10.2. The molecule has 21 heavy (non-hydrogen) atoms. The summed E-state index contributed by atoms with van der Waals surface area (Å²) in [5.74, 6) is 1.02. The van der Waals surface area contributed by atoms with Crippen LogP contribution in [0.15, 0.2) is 41.9 Å². The maximum atomic E-state index is 11.6. The summed E-state index contributed by atoms with van der Waals surface area (Å²) < 4.78 is 5.87. The van der Waals surface area contributed by atoms with Crippen LogP contribution in [0.1, 0.15) is 16.6 Å². The molecule has 4 nitrogen and oxygen atoms in total. The molecule has 0 saturated carbocycles. The minimum atomic E-state index is -0.0383. The van der Waals surface area contributed by atoms with Crippen LogP contribution in [0, 0.1) is 0 Å². The molecule has 0 radical (unpaired) electrons. The summed E-state index contributed by atoms with van der Waals surface area (Å²) in [5.41, 5.74) is 2.65. The number of nitrogens with one attached hydrogen (secondary N) is 1. The minimum absolute atomic E-state index is 0.0383. The third-order valence-corrected chi connectivity index (χ3v) is 4.12. The van der Waals surface area contributed by atoms with E-state index in [1.54, 1.807) is 5.51 Å². The Bertz CT molecular complexity index is 811. The van der Waals surface area contributed by atoms with Gasteiger partial charge in [0.1, 0.15) is 10.6 Å². The van der Waals surface area contributed by atoms with Gasteiger partial charge in [0.2, 0.25) is 5.88 Å². The van der Waals surface area contributed by atoms with Crippen LogP contribution in [0.4, 0.5) is 5.69 Å². The number of Topliss-reactive ketones (excluding diaryl/α,β-unsaturated/α-hetero) is 1. The van der Waals surface area contributed by atoms with E-state index in [-0.39, 0.29) is 5.78 Å². The molecule has 0 bridgehead atoms. The number of anilines is 1. The van der Waals surface area contributed by atoms with Crippen molar-refractivity contribution in [1.29, 1.82) is 0 Å². The van der Waals surface area contributed by atoms with Crippen LogP contribution in [-0.4, -0.2) is 17.8 Å². The highest BCUT2D eigenvalue weighted by atomic mass is 32.1. The summed E-state index contributed by atoms with van der Waals surface area (Å²) >= 11 is 1.29. The van der Waals surface area contributed by atoms with Crippen molar-refractivity contribution in [2.75, 3.05) is 12.4 Å². The van der Waals surface area contributed by atoms with Gasteiger partial charge in [-0.1, -0.05) is 24.3 Å². The number of ether oxygens (including phenoxy) is 1. The fraction of sp³-hybridized carbons (Fsp3) is 0.125. The highest BCUT2D eigenvalue weighted by molar-refractivity contribution is 7.12. The van der Waals surface area contributed by atoms with Crippen molar-refractivity contribution in [3.63, 3.8) is 0 Å². The first-order valence-corrected chi connectivity index (χ1v) is 7.40. The number of rotatable bonds is 4. The van der Waals surface area contributed by atoms with Gasteiger partial charge in [-0.3, -0.25) is 4.79 Å². The third-order valence-electron chi connectivity index (χ3n) is 3.21. The molecule has 0 unspecified atom stereocenters. The Morgan fingerprint density at radius 1 is 1.19 bits per heavy atom. The molecule has 0 spiro atoms. The lowest BCUT2D eigenvalue weighted by Gasteiger charge is -2.11. The summed E-state index contributed by atoms with van der Waals surface area (Å²) in [4.78, 5) is 16.2. The molecule has 106 valence electrons. The smallest absolute Gasteiger partial charge is 0.241 e. The molecule has 0 atom stereocenters. The molecular formula is C16H14N2O2S. The third kappa shape index (κ3) is 2.48. The zero-order valence-corrected chi connectivity index (χ0v) is 12.5. The Hall–Kier alpha value is -2.40. The van der Waals surface area contributed by atoms with E-state index in [0.717, 1.165) is 16.5 Å². The molecule has 2 aromatic carbocycles. The summed E-state index contributed by atoms with van der Waals surface area (Å²) in [6.45, 7) is 1.52. The Morgan fingerprint density at radius 3 is 2.67 bits per heavy atom. The second-order valence-corrected chi connectivity index (χ2v) is 5.41. The molecular weight excluding hydrogens is 284 g/mol. The van der Waals surface area contributed by atoms with Crippen LogP contribution in [0.25, 0.3) is 10.8 Å². The molecule has 1 heterocycles. The van der Waals surface area contributed by atoms with E-state index in [1.807, 2.05) is 43.4 Å². The molecule has 1 N–H and O–H groups in total. The summed E-state index contributed by atoms with van der Waals surface area (Å²) in [6, 6.07) is 11.8. The number of benzene rings is 2. The number of carbonyl (C=O) groups excluding carboxylic acids is 1. The molecule has 5 heteroatoms. The fourth-order valence-electron chi connectivity index (χ4n) is 2.22. The second kappa shape index (κ2) is 5.54. The lowest BCUT2D eigenvalue weighted by Crippen LogP contribution is -1.95. The lowest BCUT2D eigenvalue weighted by atomic mass is 10.1. The van der Waals surface area contributed by atoms with E-state index >= 15 is 0 Å². The van der Waals surface area contributed by atoms with Gasteiger partial charge < -0.3 is 10.1 Å². The Balaban J connectivity index is 2.09. The molecule has 1 aromatic heterocycles. The number of nitrogens with zero attached hydrogens (tertiary/aromatic N) is 1. The average Bonchev–Trinajstić information content (AvgIpc) is 2.96. The van der Waals surface area contributed by atoms with Gasteiger partial charge in [-0.25, -0.2) is 4.98 Å². The highest BCUT2D eigenvalue weighted by Gasteiger charge is 2.14. The fourth-order valence-corrected chi connectivity index (χ4v) is 2.84. The van der Waals surface area contributed by atoms with Crippen molar-refractivity contribution in [2.45, 2.75) is 6.92 Å². The quantitative estimate of drug-likeness (QED) is 0.728. The zero-order valence-electron chi connectivity index (χ0n) is 11.7. The molecule has 0 aliphatic heterocycles. The van der Waals surface area contributed by atoms with Gasteiger partial charge in [0.15, 0.2) is 5.78 Å². The van der Waals surface area contributed by atoms with E-state index in [9.17, 15) is 4.79 Å². The SMILES string of the molecule is CNc1ccc(Oc2ncsc2C(C)=O)c2ccccc12. The van der Waals surface area contributed by atoms with Gasteiger partial charge in [-0.05, 0) is 12.1 Å². The van der Waals surface area contributed by atoms with Crippen LogP contribution in [0.3, 0.4) is 0 Å². The number of ketones is 1. The van der Waals surface area contributed by atoms with Crippen LogP contribution in [-0.2, 0) is 0 Å². The Morgan fingerprint density at radius 2 is 1.95 bits per heavy atom. The van der Waals surface area contributed by atoms with Gasteiger partial charge >= 0.3 is 0 Å². The van der Waals surface area contributed by atoms with Crippen molar-refractivity contribution >= 4 is 33.6 Å². The first kappa shape index (κ1) is 13.6. The monoisotopic (exact) mass is 298 g/mol. The number of carbonyl (C=O) groups is 1. The zero-order chi connectivity index (χ0) is 14.8. The topological polar surface area (TPSA) is 51.2 Å². The van der Waals surface area contributed by atoms with E-state index in [1.165, 1.54) is 18.3 Å². The molecule has 0 fully saturated rings. The molecule has 3 rings (SSSR count). The lowest BCUT2D eigenvalue weighted by molar-refractivity contribution is 0.101. The van der Waals surface area contributed by atoms with Crippen LogP contribution < -0.4 is 10.1 Å². The normalized spacial score (nSPS) is 10.6. The van der Waals surface area contributed by atoms with Crippen molar-refractivity contribution in [2.24, 2.45) is 0 Å². The molecule has 3 aromatic rings. The second-order valence-electron chi connectivity index (χ2n) is 4.55. The van der Waals surface area contributed by atoms with E-state index in [2.05, 4.69) is 10.3 Å². The highest BCUT2D eigenvalue weighted by Crippen LogP contribution is 2.35. The number of thiazole rings is 1. The largest absolute Gasteiger partial charge is 0.437 e. The summed E-state index contributed by atoms with van der Waals surface area (Å²) in [7, 11) is 1.89. The van der Waals surface area contributed by atoms with Crippen molar-refractivity contribution in [3.05, 3.63) is 46.8 Å². The van der Waals surface area contributed by atoms with E-state index in [0.29, 0.717) is 16.5 Å². The van der Waals surface area contributed by atoms with Gasteiger partial charge in [0.05, 0.1) is 5.51 Å². The van der Waals surface area contributed by atoms with Crippen LogP contribution >= 0.6 is 11.3 Å². The van der Waals surface area contributed by atoms with Crippen molar-refractivity contribution in [1.82, 2.24) is 4.98 Å². The predicted octanol–water partition coefficient (Wildman–Crippen LogP) is 4.33. The Kier molecular flexibility index (Phi) is 3.58. The Labute approximate surface area is 126 Å². The first-order valence-electron chi connectivity index (χ1n) is 6.52. The molecule has 0 aliphatic carbocycles. The average molecular weight is 298 g/mol. The standard InChI is InChI=1S/C16H14N2O2S/c1-10(19)15-16(18-9-21-15)20-14-8-7-13(17-2)11-5-3-4-6-12(11)14/h3-9,17H,1-2H3. The summed E-state index contributed by atoms with van der Waals surface area (Å²) in [6.07, 6.45) is 0. The van der Waals surface area contributed by atoms with Gasteiger partial charge in [0, 0.05) is 30.4 Å². The van der Waals surface area contributed by atoms with Gasteiger partial charge in [-0.15, -0.1) is 11.3 Å². The maximum absolute atomic E-state index is 11.6. The van der Waals surface area contributed by atoms with Crippen LogP contribution in [0.2, 0.25) is 0 Å². The number of aromatic nitrogens is 1. The van der Waals surface area contributed by atoms with E-state index < -0.39 is 0 Å². The van der Waals surface area contributed by atoms with Gasteiger partial charge in [-0.2, -0.15) is 0 Å². The van der Waals surface area contributed by atoms with E-state index in [4.69, 9.17) is 4.74 Å². The van der Waals surface area contributed by atoms with Crippen molar-refractivity contribution < 1.29 is 9.53 Å². The minimum Gasteiger partial charge on any atom is -0.437 e.